The molecule has 0 saturated heterocycles. The first-order valence-electron chi connectivity index (χ1n) is 6.33. The third kappa shape index (κ3) is 6.69. The van der Waals surface area contributed by atoms with E-state index in [-0.39, 0.29) is 5.91 Å². The van der Waals surface area contributed by atoms with Gasteiger partial charge in [-0.25, -0.2) is 0 Å². The molecule has 21 heavy (non-hydrogen) atoms. The van der Waals surface area contributed by atoms with Gasteiger partial charge in [0.05, 0.1) is 23.7 Å². The van der Waals surface area contributed by atoms with Gasteiger partial charge in [0.2, 0.25) is 5.91 Å². The first-order valence-corrected chi connectivity index (χ1v) is 8.68. The molecule has 1 rings (SSSR count). The molecule has 0 radical (unpaired) electrons. The molecule has 1 amide bonds. The van der Waals surface area contributed by atoms with Gasteiger partial charge in [-0.15, -0.1) is 11.3 Å². The van der Waals surface area contributed by atoms with E-state index < -0.39 is 12.0 Å². The number of esters is 1. The molecule has 118 valence electrons. The Morgan fingerprint density at radius 3 is 2.81 bits per heavy atom. The second-order valence-corrected chi connectivity index (χ2v) is 7.33. The zero-order valence-electron chi connectivity index (χ0n) is 12.0. The van der Waals surface area contributed by atoms with E-state index in [1.165, 1.54) is 30.2 Å². The summed E-state index contributed by atoms with van der Waals surface area (Å²) in [6.45, 7) is 0.554. The number of methoxy groups -OCH3 is 1. The van der Waals surface area contributed by atoms with Crippen molar-refractivity contribution in [2.75, 3.05) is 25.7 Å². The van der Waals surface area contributed by atoms with E-state index in [1.54, 1.807) is 11.9 Å². The smallest absolute Gasteiger partial charge is 0.322 e. The van der Waals surface area contributed by atoms with Gasteiger partial charge >= 0.3 is 5.97 Å². The maximum Gasteiger partial charge on any atom is 0.322 e. The van der Waals surface area contributed by atoms with Gasteiger partial charge in [0.1, 0.15) is 6.04 Å². The van der Waals surface area contributed by atoms with Crippen LogP contribution < -0.4 is 5.73 Å². The summed E-state index contributed by atoms with van der Waals surface area (Å²) >= 11 is 8.78. The Morgan fingerprint density at radius 1 is 1.52 bits per heavy atom. The van der Waals surface area contributed by atoms with Crippen LogP contribution in [0.2, 0.25) is 4.34 Å². The predicted octanol–water partition coefficient (Wildman–Crippen LogP) is 1.98. The van der Waals surface area contributed by atoms with Gasteiger partial charge in [0.25, 0.3) is 0 Å². The fourth-order valence-electron chi connectivity index (χ4n) is 1.51. The summed E-state index contributed by atoms with van der Waals surface area (Å²) in [5.41, 5.74) is 5.61. The zero-order chi connectivity index (χ0) is 15.8. The number of thiophene rings is 1. The molecule has 5 nitrogen and oxygen atoms in total. The highest BCUT2D eigenvalue weighted by atomic mass is 35.5. The summed E-state index contributed by atoms with van der Waals surface area (Å²) in [6, 6.07) is 3.12. The highest BCUT2D eigenvalue weighted by molar-refractivity contribution is 7.99. The molecule has 1 aromatic rings. The topological polar surface area (TPSA) is 72.6 Å². The minimum absolute atomic E-state index is 0.0381. The number of nitrogens with two attached hydrogens (primary N) is 1. The Balaban J connectivity index is 2.22. The summed E-state index contributed by atoms with van der Waals surface area (Å²) in [4.78, 5) is 25.8. The molecule has 1 atom stereocenters. The number of carbonyl (C=O) groups is 2. The van der Waals surface area contributed by atoms with Gasteiger partial charge in [-0.2, -0.15) is 11.8 Å². The molecule has 0 aliphatic carbocycles. The third-order valence-corrected chi connectivity index (χ3v) is 4.94. The molecule has 8 heteroatoms. The van der Waals surface area contributed by atoms with E-state index in [0.717, 1.165) is 9.21 Å². The Bertz CT molecular complexity index is 482. The van der Waals surface area contributed by atoms with Gasteiger partial charge in [0.15, 0.2) is 0 Å². The quantitative estimate of drug-likeness (QED) is 0.573. The molecule has 0 bridgehead atoms. The average Bonchev–Trinajstić information content (AvgIpc) is 2.87. The lowest BCUT2D eigenvalue weighted by Gasteiger charge is -2.16. The maximum absolute atomic E-state index is 11.9. The fourth-order valence-corrected chi connectivity index (χ4v) is 3.61. The van der Waals surface area contributed by atoms with Crippen LogP contribution in [0.4, 0.5) is 0 Å². The minimum Gasteiger partial charge on any atom is -0.468 e. The molecule has 0 aliphatic heterocycles. The summed E-state index contributed by atoms with van der Waals surface area (Å²) < 4.78 is 5.26. The van der Waals surface area contributed by atoms with Crippen molar-refractivity contribution in [3.05, 3.63) is 21.3 Å². The molecule has 0 saturated carbocycles. The normalized spacial score (nSPS) is 12.0. The summed E-state index contributed by atoms with van der Waals surface area (Å²) in [7, 11) is 3.07. The van der Waals surface area contributed by atoms with Gasteiger partial charge in [-0.1, -0.05) is 11.6 Å². The van der Waals surface area contributed by atoms with Gasteiger partial charge in [-0.3, -0.25) is 9.59 Å². The Labute approximate surface area is 137 Å². The minimum atomic E-state index is -0.622. The SMILES string of the molecule is COC(=O)C(N)CCSCC(=O)N(C)Cc1ccc(Cl)s1. The van der Waals surface area contributed by atoms with Crippen molar-refractivity contribution in [1.82, 2.24) is 4.90 Å². The van der Waals surface area contributed by atoms with Gasteiger partial charge < -0.3 is 15.4 Å². The van der Waals surface area contributed by atoms with E-state index in [1.807, 2.05) is 12.1 Å². The van der Waals surface area contributed by atoms with E-state index >= 15 is 0 Å². The van der Waals surface area contributed by atoms with Crippen molar-refractivity contribution in [3.8, 4) is 0 Å². The van der Waals surface area contributed by atoms with E-state index in [0.29, 0.717) is 24.5 Å². The average molecular weight is 351 g/mol. The highest BCUT2D eigenvalue weighted by Crippen LogP contribution is 2.22. The van der Waals surface area contributed by atoms with Gasteiger partial charge in [-0.05, 0) is 24.3 Å². The first kappa shape index (κ1) is 18.3. The molecule has 1 unspecified atom stereocenters. The lowest BCUT2D eigenvalue weighted by Crippen LogP contribution is -2.32. The molecular weight excluding hydrogens is 332 g/mol. The molecule has 1 heterocycles. The Hall–Kier alpha value is -0.760. The molecule has 2 N–H and O–H groups in total. The Morgan fingerprint density at radius 2 is 2.24 bits per heavy atom. The van der Waals surface area contributed by atoms with Crippen LogP contribution in [0.1, 0.15) is 11.3 Å². The van der Waals surface area contributed by atoms with Crippen molar-refractivity contribution < 1.29 is 14.3 Å². The number of ether oxygens (including phenoxy) is 1. The van der Waals surface area contributed by atoms with Crippen molar-refractivity contribution in [2.45, 2.75) is 19.0 Å². The van der Waals surface area contributed by atoms with Crippen molar-refractivity contribution in [2.24, 2.45) is 5.73 Å². The van der Waals surface area contributed by atoms with Crippen LogP contribution in [-0.4, -0.2) is 48.5 Å². The lowest BCUT2D eigenvalue weighted by molar-refractivity contribution is -0.142. The predicted molar refractivity (Wildman–Crippen MR) is 87.7 cm³/mol. The first-order chi connectivity index (χ1) is 9.93. The highest BCUT2D eigenvalue weighted by Gasteiger charge is 2.14. The van der Waals surface area contributed by atoms with Crippen molar-refractivity contribution >= 4 is 46.6 Å². The summed E-state index contributed by atoms with van der Waals surface area (Å²) in [5, 5.41) is 0. The summed E-state index contributed by atoms with van der Waals surface area (Å²) in [5.74, 6) is 0.620. The van der Waals surface area contributed by atoms with Crippen LogP contribution in [0.15, 0.2) is 12.1 Å². The van der Waals surface area contributed by atoms with Crippen molar-refractivity contribution in [3.63, 3.8) is 0 Å². The molecule has 0 spiro atoms. The van der Waals surface area contributed by atoms with E-state index in [9.17, 15) is 9.59 Å². The maximum atomic E-state index is 11.9. The number of halogens is 1. The van der Waals surface area contributed by atoms with Crippen LogP contribution in [0.3, 0.4) is 0 Å². The number of nitrogens with zero attached hydrogens (tertiary/aromatic N) is 1. The number of rotatable bonds is 8. The largest absolute Gasteiger partial charge is 0.468 e. The monoisotopic (exact) mass is 350 g/mol. The number of hydrogen-bond donors (Lipinski definition) is 1. The van der Waals surface area contributed by atoms with Crippen LogP contribution in [0.25, 0.3) is 0 Å². The van der Waals surface area contributed by atoms with Crippen LogP contribution >= 0.6 is 34.7 Å². The lowest BCUT2D eigenvalue weighted by atomic mass is 10.2. The Kier molecular flexibility index (Phi) is 8.10. The molecule has 0 fully saturated rings. The number of amides is 1. The van der Waals surface area contributed by atoms with E-state index in [4.69, 9.17) is 17.3 Å². The zero-order valence-corrected chi connectivity index (χ0v) is 14.4. The van der Waals surface area contributed by atoms with Crippen LogP contribution in [0.5, 0.6) is 0 Å². The van der Waals surface area contributed by atoms with Crippen LogP contribution in [-0.2, 0) is 20.9 Å². The van der Waals surface area contributed by atoms with E-state index in [2.05, 4.69) is 4.74 Å². The second kappa shape index (κ2) is 9.30. The number of carbonyl (C=O) groups excluding carboxylic acids is 2. The molecule has 0 aliphatic rings. The van der Waals surface area contributed by atoms with Gasteiger partial charge in [0, 0.05) is 11.9 Å². The fraction of sp³-hybridized carbons (Fsp3) is 0.538. The number of hydrogen-bond acceptors (Lipinski definition) is 6. The standard InChI is InChI=1S/C13H19ClN2O3S2/c1-16(7-9-3-4-11(14)21-9)12(17)8-20-6-5-10(15)13(18)19-2/h3-4,10H,5-8,15H2,1-2H3. The third-order valence-electron chi connectivity index (χ3n) is 2.75. The molecule has 0 aromatic carbocycles. The number of thioether (sulfide) groups is 1. The summed E-state index contributed by atoms with van der Waals surface area (Å²) in [6.07, 6.45) is 0.495. The molecule has 1 aromatic heterocycles. The van der Waals surface area contributed by atoms with Crippen LogP contribution in [0, 0.1) is 0 Å². The van der Waals surface area contributed by atoms with Crippen molar-refractivity contribution in [1.29, 1.82) is 0 Å². The second-order valence-electron chi connectivity index (χ2n) is 4.43. The molecular formula is C13H19ClN2O3S2.